The Labute approximate surface area is 233 Å². The summed E-state index contributed by atoms with van der Waals surface area (Å²) in [5.74, 6) is -0.879. The molecular formula is C28H36O12. The maximum absolute atomic E-state index is 10.2. The fraction of sp³-hybridized carbons (Fsp3) is 0.143. The minimum Gasteiger partial charge on any atom is -0.483 e. The van der Waals surface area contributed by atoms with Crippen molar-refractivity contribution in [1.82, 2.24) is 0 Å². The van der Waals surface area contributed by atoms with Crippen molar-refractivity contribution in [3.8, 4) is 0 Å². The van der Waals surface area contributed by atoms with Crippen LogP contribution >= 0.6 is 0 Å². The molecule has 3 aromatic rings. The predicted octanol–water partition coefficient (Wildman–Crippen LogP) is 4.22. The van der Waals surface area contributed by atoms with Gasteiger partial charge in [0.1, 0.15) is 0 Å². The van der Waals surface area contributed by atoms with Crippen LogP contribution in [0.1, 0.15) is 24.2 Å². The zero-order chi connectivity index (χ0) is 31.5. The number of ether oxygens (including phenoxy) is 2. The zero-order valence-electron chi connectivity index (χ0n) is 22.2. The minimum absolute atomic E-state index is 0.250. The molecule has 12 heteroatoms. The molecule has 3 rings (SSSR count). The highest BCUT2D eigenvalue weighted by atomic mass is 16.5. The van der Waals surface area contributed by atoms with Gasteiger partial charge in [-0.05, 0) is 26.0 Å². The number of rotatable bonds is 5. The van der Waals surface area contributed by atoms with Crippen molar-refractivity contribution in [1.29, 1.82) is 0 Å². The summed E-state index contributed by atoms with van der Waals surface area (Å²) in [6.45, 7) is 4.58. The summed E-state index contributed by atoms with van der Waals surface area (Å²) in [7, 11) is 0. The number of benzene rings is 3. The zero-order valence-corrected chi connectivity index (χ0v) is 22.2. The van der Waals surface area contributed by atoms with Crippen LogP contribution in [-0.4, -0.2) is 72.0 Å². The van der Waals surface area contributed by atoms with Gasteiger partial charge < -0.3 is 29.9 Å². The molecule has 0 amide bonds. The second-order valence-corrected chi connectivity index (χ2v) is 5.40. The van der Waals surface area contributed by atoms with Gasteiger partial charge in [0.25, 0.3) is 32.4 Å². The third-order valence-electron chi connectivity index (χ3n) is 2.82. The Kier molecular flexibility index (Phi) is 56.0. The molecule has 4 N–H and O–H groups in total. The van der Waals surface area contributed by atoms with Crippen molar-refractivity contribution in [3.05, 3.63) is 109 Å². The molecule has 3 aromatic carbocycles. The van der Waals surface area contributed by atoms with Gasteiger partial charge in [0, 0.05) is 0 Å². The minimum atomic E-state index is -0.879. The Morgan fingerprint density at radius 1 is 0.550 bits per heavy atom. The van der Waals surface area contributed by atoms with Crippen molar-refractivity contribution < 1.29 is 58.7 Å². The summed E-state index contributed by atoms with van der Waals surface area (Å²) in [5.41, 5.74) is 0.331. The number of carboxylic acid groups (broad SMARTS) is 4. The van der Waals surface area contributed by atoms with Crippen LogP contribution in [0.2, 0.25) is 0 Å². The molecule has 40 heavy (non-hydrogen) atoms. The lowest BCUT2D eigenvalue weighted by molar-refractivity contribution is -0.129. The van der Waals surface area contributed by atoms with Gasteiger partial charge in [-0.2, -0.15) is 0 Å². The van der Waals surface area contributed by atoms with Gasteiger partial charge in [-0.1, -0.05) is 91.0 Å². The summed E-state index contributed by atoms with van der Waals surface area (Å²) in [6, 6.07) is 32.3. The van der Waals surface area contributed by atoms with Crippen LogP contribution in [-0.2, 0) is 33.4 Å². The summed E-state index contributed by atoms with van der Waals surface area (Å²) in [6.07, 6.45) is 0. The first-order valence-corrected chi connectivity index (χ1v) is 11.0. The number of hydrogen-bond donors (Lipinski definition) is 4. The molecule has 0 aliphatic heterocycles. The molecule has 12 nitrogen and oxygen atoms in total. The van der Waals surface area contributed by atoms with Crippen molar-refractivity contribution in [3.63, 3.8) is 0 Å². The lowest BCUT2D eigenvalue weighted by atomic mass is 10.2. The molecule has 0 spiro atoms. The van der Waals surface area contributed by atoms with Crippen LogP contribution in [0.5, 0.6) is 0 Å². The highest BCUT2D eigenvalue weighted by molar-refractivity contribution is 5.87. The third-order valence-corrected chi connectivity index (χ3v) is 2.82. The van der Waals surface area contributed by atoms with Gasteiger partial charge in [-0.3, -0.25) is 24.0 Å². The molecule has 0 aromatic heterocycles. The molecule has 0 heterocycles. The smallest absolute Gasteiger partial charge is 0.335 e. The number of carbonyl (C=O) groups is 6. The Hall–Kier alpha value is -5.52. The van der Waals surface area contributed by atoms with Gasteiger partial charge in [0.05, 0.1) is 18.8 Å². The fourth-order valence-corrected chi connectivity index (χ4v) is 1.49. The summed E-state index contributed by atoms with van der Waals surface area (Å²) in [4.78, 5) is 53.6. The monoisotopic (exact) mass is 564 g/mol. The van der Waals surface area contributed by atoms with E-state index in [0.717, 1.165) is 0 Å². The van der Waals surface area contributed by atoms with E-state index < -0.39 is 5.97 Å². The van der Waals surface area contributed by atoms with E-state index in [1.165, 1.54) is 0 Å². The van der Waals surface area contributed by atoms with Crippen LogP contribution in [0.4, 0.5) is 0 Å². The maximum atomic E-state index is 10.2. The van der Waals surface area contributed by atoms with Crippen LogP contribution < -0.4 is 0 Å². The van der Waals surface area contributed by atoms with Gasteiger partial charge in [0.2, 0.25) is 0 Å². The molecular weight excluding hydrogens is 528 g/mol. The van der Waals surface area contributed by atoms with E-state index in [9.17, 15) is 14.4 Å². The molecule has 0 saturated heterocycles. The fourth-order valence-electron chi connectivity index (χ4n) is 1.49. The van der Waals surface area contributed by atoms with E-state index in [1.54, 1.807) is 44.2 Å². The van der Waals surface area contributed by atoms with Crippen molar-refractivity contribution in [2.45, 2.75) is 13.8 Å². The molecule has 0 fully saturated rings. The molecule has 0 unspecified atom stereocenters. The van der Waals surface area contributed by atoms with Gasteiger partial charge in [0.15, 0.2) is 0 Å². The van der Waals surface area contributed by atoms with Crippen molar-refractivity contribution >= 4 is 38.3 Å². The average Bonchev–Trinajstić information content (AvgIpc) is 2.99. The Bertz CT molecular complexity index is 768. The molecule has 0 atom stereocenters. The van der Waals surface area contributed by atoms with E-state index in [2.05, 4.69) is 9.47 Å². The SMILES string of the molecule is CCOC=O.CCOC=O.O=C(O)c1ccccc1.O=CO.O=CO.O=CO.c1ccccc1.c1ccccc1. The van der Waals surface area contributed by atoms with Crippen molar-refractivity contribution in [2.24, 2.45) is 0 Å². The van der Waals surface area contributed by atoms with Gasteiger partial charge in [-0.15, -0.1) is 0 Å². The van der Waals surface area contributed by atoms with Gasteiger partial charge in [-0.25, -0.2) is 4.79 Å². The van der Waals surface area contributed by atoms with Crippen LogP contribution in [0, 0.1) is 0 Å². The van der Waals surface area contributed by atoms with Crippen LogP contribution in [0.3, 0.4) is 0 Å². The highest BCUT2D eigenvalue weighted by Crippen LogP contribution is 1.96. The second kappa shape index (κ2) is 50.4. The molecule has 0 saturated carbocycles. The number of carbonyl (C=O) groups excluding carboxylic acids is 2. The summed E-state index contributed by atoms with van der Waals surface area (Å²) in [5, 5.41) is 29.1. The normalized spacial score (nSPS) is 6.95. The lowest BCUT2D eigenvalue weighted by Gasteiger charge is -1.88. The first-order chi connectivity index (χ1) is 19.4. The molecule has 0 radical (unpaired) electrons. The highest BCUT2D eigenvalue weighted by Gasteiger charge is 1.96. The third kappa shape index (κ3) is 63.7. The topological polar surface area (TPSA) is 202 Å². The van der Waals surface area contributed by atoms with E-state index in [0.29, 0.717) is 31.7 Å². The second-order valence-electron chi connectivity index (χ2n) is 5.40. The summed E-state index contributed by atoms with van der Waals surface area (Å²) >= 11 is 0. The quantitative estimate of drug-likeness (QED) is 0.322. The summed E-state index contributed by atoms with van der Waals surface area (Å²) < 4.78 is 8.31. The van der Waals surface area contributed by atoms with Crippen LogP contribution in [0.25, 0.3) is 0 Å². The lowest BCUT2D eigenvalue weighted by Crippen LogP contribution is -1.93. The van der Waals surface area contributed by atoms with E-state index in [-0.39, 0.29) is 19.4 Å². The molecule has 0 bridgehead atoms. The Balaban J connectivity index is -0.000000121. The average molecular weight is 565 g/mol. The van der Waals surface area contributed by atoms with Crippen LogP contribution in [0.15, 0.2) is 103 Å². The Morgan fingerprint density at radius 2 is 0.750 bits per heavy atom. The predicted molar refractivity (Wildman–Crippen MR) is 148 cm³/mol. The largest absolute Gasteiger partial charge is 0.483 e. The molecule has 0 aliphatic rings. The first-order valence-electron chi connectivity index (χ1n) is 11.0. The standard InChI is InChI=1S/C7H6O2.2C6H6.2C3H6O2.3CH2O2/c8-7(9)6-4-2-1-3-5-6;2*1-2-4-6-5-3-1;2*1-2-5-3-4;3*2-1-3/h1-5H,(H,8,9);2*1-6H;2*3H,2H2,1H3;3*1H,(H,2,3). The Morgan fingerprint density at radius 3 is 0.850 bits per heavy atom. The van der Waals surface area contributed by atoms with Crippen molar-refractivity contribution in [2.75, 3.05) is 13.2 Å². The number of hydrogen-bond acceptors (Lipinski definition) is 8. The van der Waals surface area contributed by atoms with E-state index in [1.807, 2.05) is 72.8 Å². The van der Waals surface area contributed by atoms with E-state index >= 15 is 0 Å². The number of carboxylic acids is 1. The molecule has 220 valence electrons. The number of aromatic carboxylic acids is 1. The maximum Gasteiger partial charge on any atom is 0.335 e. The van der Waals surface area contributed by atoms with Gasteiger partial charge >= 0.3 is 5.97 Å². The van der Waals surface area contributed by atoms with E-state index in [4.69, 9.17) is 34.8 Å². The first kappa shape index (κ1) is 44.5. The molecule has 0 aliphatic carbocycles.